The SMILES string of the molecule is CN(C)C/C=C/C(=O)N1CCOc2c1ccc1ncnc(Nc3ccc(OCc4ccncc4)cc3)c21. The van der Waals surface area contributed by atoms with Crippen LogP contribution >= 0.6 is 0 Å². The lowest BCUT2D eigenvalue weighted by Crippen LogP contribution is -2.37. The van der Waals surface area contributed by atoms with E-state index in [0.29, 0.717) is 43.6 Å². The minimum atomic E-state index is -0.0838. The zero-order chi connectivity index (χ0) is 25.6. The number of benzene rings is 2. The Hall–Kier alpha value is -4.50. The second-order valence-corrected chi connectivity index (χ2v) is 8.83. The fourth-order valence-electron chi connectivity index (χ4n) is 4.02. The Morgan fingerprint density at radius 3 is 2.70 bits per heavy atom. The van der Waals surface area contributed by atoms with E-state index in [1.54, 1.807) is 23.4 Å². The minimum Gasteiger partial charge on any atom is -0.489 e. The quantitative estimate of drug-likeness (QED) is 0.363. The van der Waals surface area contributed by atoms with E-state index < -0.39 is 0 Å². The predicted octanol–water partition coefficient (Wildman–Crippen LogP) is 4.19. The molecule has 0 fully saturated rings. The van der Waals surface area contributed by atoms with Crippen LogP contribution in [0.1, 0.15) is 5.56 Å². The second-order valence-electron chi connectivity index (χ2n) is 8.83. The Morgan fingerprint density at radius 2 is 1.92 bits per heavy atom. The van der Waals surface area contributed by atoms with Crippen molar-refractivity contribution in [1.29, 1.82) is 0 Å². The van der Waals surface area contributed by atoms with Crippen molar-refractivity contribution in [2.75, 3.05) is 44.0 Å². The molecule has 0 bridgehead atoms. The number of nitrogens with one attached hydrogen (secondary N) is 1. The molecule has 0 radical (unpaired) electrons. The molecule has 3 heterocycles. The molecule has 37 heavy (non-hydrogen) atoms. The molecule has 0 saturated heterocycles. The minimum absolute atomic E-state index is 0.0838. The molecule has 2 aromatic carbocycles. The van der Waals surface area contributed by atoms with Crippen LogP contribution in [0.25, 0.3) is 10.9 Å². The highest BCUT2D eigenvalue weighted by Crippen LogP contribution is 2.41. The van der Waals surface area contributed by atoms with Gasteiger partial charge in [-0.05, 0) is 68.2 Å². The Morgan fingerprint density at radius 1 is 1.11 bits per heavy atom. The van der Waals surface area contributed by atoms with Crippen LogP contribution in [0.4, 0.5) is 17.2 Å². The number of hydrogen-bond acceptors (Lipinski definition) is 8. The Labute approximate surface area is 215 Å². The van der Waals surface area contributed by atoms with Gasteiger partial charge in [-0.1, -0.05) is 6.08 Å². The summed E-state index contributed by atoms with van der Waals surface area (Å²) >= 11 is 0. The molecule has 9 heteroatoms. The second kappa shape index (κ2) is 11.0. The van der Waals surface area contributed by atoms with E-state index in [2.05, 4.69) is 20.3 Å². The molecule has 2 aromatic heterocycles. The number of pyridine rings is 1. The summed E-state index contributed by atoms with van der Waals surface area (Å²) in [6, 6.07) is 15.3. The summed E-state index contributed by atoms with van der Waals surface area (Å²) in [6.07, 6.45) is 8.48. The molecule has 1 aliphatic heterocycles. The van der Waals surface area contributed by atoms with E-state index in [1.807, 2.05) is 73.6 Å². The predicted molar refractivity (Wildman–Crippen MR) is 143 cm³/mol. The van der Waals surface area contributed by atoms with E-state index >= 15 is 0 Å². The van der Waals surface area contributed by atoms with Crippen LogP contribution in [0, 0.1) is 0 Å². The van der Waals surface area contributed by atoms with Crippen LogP contribution in [-0.4, -0.2) is 59.6 Å². The first-order chi connectivity index (χ1) is 18.1. The van der Waals surface area contributed by atoms with E-state index in [1.165, 1.54) is 6.33 Å². The van der Waals surface area contributed by atoms with Gasteiger partial charge in [-0.15, -0.1) is 0 Å². The maximum atomic E-state index is 12.9. The van der Waals surface area contributed by atoms with Crippen molar-refractivity contribution in [3.05, 3.63) is 85.0 Å². The molecule has 4 aromatic rings. The molecule has 0 saturated carbocycles. The zero-order valence-electron chi connectivity index (χ0n) is 20.8. The number of carbonyl (C=O) groups excluding carboxylic acids is 1. The summed E-state index contributed by atoms with van der Waals surface area (Å²) < 4.78 is 11.9. The van der Waals surface area contributed by atoms with Crippen LogP contribution in [0.3, 0.4) is 0 Å². The van der Waals surface area contributed by atoms with E-state index in [0.717, 1.165) is 27.9 Å². The van der Waals surface area contributed by atoms with E-state index in [9.17, 15) is 4.79 Å². The van der Waals surface area contributed by atoms with Gasteiger partial charge in [0.15, 0.2) is 5.75 Å². The maximum absolute atomic E-state index is 12.9. The highest BCUT2D eigenvalue weighted by atomic mass is 16.5. The number of fused-ring (bicyclic) bond motifs is 3. The van der Waals surface area contributed by atoms with Crippen molar-refractivity contribution in [2.24, 2.45) is 0 Å². The Bertz CT molecular complexity index is 1410. The van der Waals surface area contributed by atoms with Crippen LogP contribution in [0.5, 0.6) is 11.5 Å². The summed E-state index contributed by atoms with van der Waals surface area (Å²) in [4.78, 5) is 29.6. The summed E-state index contributed by atoms with van der Waals surface area (Å²) in [7, 11) is 3.92. The van der Waals surface area contributed by atoms with Crippen LogP contribution < -0.4 is 19.7 Å². The van der Waals surface area contributed by atoms with Gasteiger partial charge >= 0.3 is 0 Å². The van der Waals surface area contributed by atoms with E-state index in [4.69, 9.17) is 9.47 Å². The molecule has 1 aliphatic rings. The maximum Gasteiger partial charge on any atom is 0.250 e. The largest absolute Gasteiger partial charge is 0.489 e. The lowest BCUT2D eigenvalue weighted by Gasteiger charge is -2.30. The summed E-state index contributed by atoms with van der Waals surface area (Å²) in [5.41, 5.74) is 3.32. The smallest absolute Gasteiger partial charge is 0.250 e. The van der Waals surface area contributed by atoms with Gasteiger partial charge in [0, 0.05) is 30.7 Å². The standard InChI is InChI=1S/C28H28N6O3/c1-33(2)15-3-4-25(35)34-16-17-36-27-24(34)10-9-23-26(27)28(31-19-30-23)32-21-5-7-22(8-6-21)37-18-20-11-13-29-14-12-20/h3-14,19H,15-18H2,1-2H3,(H,30,31,32)/b4-3+. The van der Waals surface area contributed by atoms with Crippen molar-refractivity contribution >= 4 is 34.0 Å². The number of likely N-dealkylation sites (N-methyl/N-ethyl adjacent to an activating group) is 1. The summed E-state index contributed by atoms with van der Waals surface area (Å²) in [5.74, 6) is 1.87. The average Bonchev–Trinajstić information content (AvgIpc) is 2.92. The molecule has 9 nitrogen and oxygen atoms in total. The van der Waals surface area contributed by atoms with Crippen molar-refractivity contribution in [3.8, 4) is 11.5 Å². The third-order valence-electron chi connectivity index (χ3n) is 5.86. The monoisotopic (exact) mass is 496 g/mol. The topological polar surface area (TPSA) is 92.7 Å². The van der Waals surface area contributed by atoms with Crippen LogP contribution in [-0.2, 0) is 11.4 Å². The molecule has 0 aliphatic carbocycles. The molecule has 1 N–H and O–H groups in total. The third kappa shape index (κ3) is 5.68. The van der Waals surface area contributed by atoms with Crippen LogP contribution in [0.15, 0.2) is 79.4 Å². The number of rotatable bonds is 8. The molecule has 0 unspecified atom stereocenters. The van der Waals surface area contributed by atoms with Crippen molar-refractivity contribution in [3.63, 3.8) is 0 Å². The van der Waals surface area contributed by atoms with Gasteiger partial charge in [-0.3, -0.25) is 9.78 Å². The summed E-state index contributed by atoms with van der Waals surface area (Å²) in [5, 5.41) is 4.10. The first-order valence-corrected chi connectivity index (χ1v) is 12.0. The first kappa shape index (κ1) is 24.2. The van der Waals surface area contributed by atoms with Gasteiger partial charge in [0.1, 0.15) is 31.1 Å². The lowest BCUT2D eigenvalue weighted by atomic mass is 10.1. The highest BCUT2D eigenvalue weighted by Gasteiger charge is 2.26. The fraction of sp³-hybridized carbons (Fsp3) is 0.214. The number of amides is 1. The number of aromatic nitrogens is 3. The normalized spacial score (nSPS) is 13.0. The van der Waals surface area contributed by atoms with Gasteiger partial charge in [-0.25, -0.2) is 9.97 Å². The first-order valence-electron chi connectivity index (χ1n) is 12.0. The van der Waals surface area contributed by atoms with Crippen molar-refractivity contribution in [1.82, 2.24) is 19.9 Å². The molecule has 0 spiro atoms. The molecular formula is C28H28N6O3. The van der Waals surface area contributed by atoms with Gasteiger partial charge in [0.05, 0.1) is 23.1 Å². The van der Waals surface area contributed by atoms with Gasteiger partial charge in [-0.2, -0.15) is 0 Å². The molecule has 5 rings (SSSR count). The van der Waals surface area contributed by atoms with E-state index in [-0.39, 0.29) is 5.91 Å². The number of carbonyl (C=O) groups is 1. The van der Waals surface area contributed by atoms with Crippen molar-refractivity contribution < 1.29 is 14.3 Å². The van der Waals surface area contributed by atoms with Crippen LogP contribution in [0.2, 0.25) is 0 Å². The molecule has 1 amide bonds. The third-order valence-corrected chi connectivity index (χ3v) is 5.86. The number of nitrogens with zero attached hydrogens (tertiary/aromatic N) is 5. The Balaban J connectivity index is 1.37. The fourth-order valence-corrected chi connectivity index (χ4v) is 4.02. The highest BCUT2D eigenvalue weighted by molar-refractivity contribution is 6.07. The lowest BCUT2D eigenvalue weighted by molar-refractivity contribution is -0.114. The number of anilines is 3. The molecular weight excluding hydrogens is 468 g/mol. The Kier molecular flexibility index (Phi) is 7.23. The van der Waals surface area contributed by atoms with Gasteiger partial charge in [0.2, 0.25) is 0 Å². The summed E-state index contributed by atoms with van der Waals surface area (Å²) in [6.45, 7) is 2.02. The molecule has 188 valence electrons. The number of ether oxygens (including phenoxy) is 2. The number of hydrogen-bond donors (Lipinski definition) is 1. The van der Waals surface area contributed by atoms with Gasteiger partial charge < -0.3 is 24.6 Å². The van der Waals surface area contributed by atoms with Crippen molar-refractivity contribution in [2.45, 2.75) is 6.61 Å². The van der Waals surface area contributed by atoms with Gasteiger partial charge in [0.25, 0.3) is 5.91 Å². The average molecular weight is 497 g/mol. The zero-order valence-corrected chi connectivity index (χ0v) is 20.8. The molecule has 0 atom stereocenters.